The number of carbonyl (C=O) groups is 1. The van der Waals surface area contributed by atoms with Crippen molar-refractivity contribution in [3.05, 3.63) is 29.1 Å². The van der Waals surface area contributed by atoms with E-state index in [2.05, 4.69) is 4.74 Å². The number of carbonyl (C=O) groups excluding carboxylic acids is 1. The summed E-state index contributed by atoms with van der Waals surface area (Å²) in [5, 5.41) is 8.61. The van der Waals surface area contributed by atoms with E-state index in [1.165, 1.54) is 6.07 Å². The van der Waals surface area contributed by atoms with Crippen LogP contribution in [0, 0.1) is 17.1 Å². The van der Waals surface area contributed by atoms with Gasteiger partial charge >= 0.3 is 11.5 Å². The number of nitriles is 1. The van der Waals surface area contributed by atoms with Crippen LogP contribution in [0.25, 0.3) is 0 Å². The molecular formula is C10H5F4NO2S. The van der Waals surface area contributed by atoms with Gasteiger partial charge in [-0.2, -0.15) is 18.4 Å². The molecule has 0 heterocycles. The number of hydrogen-bond acceptors (Lipinski definition) is 4. The van der Waals surface area contributed by atoms with Crippen molar-refractivity contribution in [1.82, 2.24) is 0 Å². The lowest BCUT2D eigenvalue weighted by Crippen LogP contribution is -2.08. The number of halogens is 4. The van der Waals surface area contributed by atoms with Crippen molar-refractivity contribution in [2.45, 2.75) is 10.4 Å². The smallest absolute Gasteiger partial charge is 0.446 e. The van der Waals surface area contributed by atoms with Crippen molar-refractivity contribution in [3.63, 3.8) is 0 Å². The molecular weight excluding hydrogens is 274 g/mol. The molecule has 0 aliphatic heterocycles. The van der Waals surface area contributed by atoms with Gasteiger partial charge in [0.2, 0.25) is 0 Å². The zero-order chi connectivity index (χ0) is 13.9. The molecule has 0 saturated carbocycles. The highest BCUT2D eigenvalue weighted by atomic mass is 32.2. The maximum absolute atomic E-state index is 13.7. The van der Waals surface area contributed by atoms with E-state index in [0.717, 1.165) is 19.2 Å². The maximum atomic E-state index is 13.7. The van der Waals surface area contributed by atoms with Gasteiger partial charge in [-0.1, -0.05) is 0 Å². The summed E-state index contributed by atoms with van der Waals surface area (Å²) in [5.74, 6) is -2.52. The highest BCUT2D eigenvalue weighted by Crippen LogP contribution is 2.40. The molecule has 0 unspecified atom stereocenters. The fourth-order valence-corrected chi connectivity index (χ4v) is 1.78. The van der Waals surface area contributed by atoms with Gasteiger partial charge in [-0.15, -0.1) is 0 Å². The highest BCUT2D eigenvalue weighted by Gasteiger charge is 2.33. The Hall–Kier alpha value is -1.75. The number of ether oxygens (including phenoxy) is 1. The Labute approximate surface area is 103 Å². The lowest BCUT2D eigenvalue weighted by Gasteiger charge is -2.10. The highest BCUT2D eigenvalue weighted by molar-refractivity contribution is 8.00. The lowest BCUT2D eigenvalue weighted by molar-refractivity contribution is -0.0329. The summed E-state index contributed by atoms with van der Waals surface area (Å²) in [6, 6.07) is 3.27. The molecule has 0 amide bonds. The largest absolute Gasteiger partial charge is 0.465 e. The number of thioether (sulfide) groups is 1. The fourth-order valence-electron chi connectivity index (χ4n) is 1.13. The van der Waals surface area contributed by atoms with Gasteiger partial charge in [0.05, 0.1) is 23.1 Å². The van der Waals surface area contributed by atoms with Gasteiger partial charge in [0, 0.05) is 0 Å². The van der Waals surface area contributed by atoms with E-state index in [-0.39, 0.29) is 0 Å². The Balaban J connectivity index is 3.37. The van der Waals surface area contributed by atoms with Crippen LogP contribution in [-0.2, 0) is 4.74 Å². The molecule has 96 valence electrons. The van der Waals surface area contributed by atoms with Crippen LogP contribution in [-0.4, -0.2) is 18.6 Å². The third kappa shape index (κ3) is 3.13. The Morgan fingerprint density at radius 1 is 1.44 bits per heavy atom. The minimum absolute atomic E-state index is 0.498. The van der Waals surface area contributed by atoms with Gasteiger partial charge in [-0.3, -0.25) is 0 Å². The molecule has 0 fully saturated rings. The summed E-state index contributed by atoms with van der Waals surface area (Å²) >= 11 is -0.785. The molecule has 0 radical (unpaired) electrons. The molecule has 3 nitrogen and oxygen atoms in total. The average Bonchev–Trinajstić information content (AvgIpc) is 2.29. The van der Waals surface area contributed by atoms with E-state index >= 15 is 0 Å². The summed E-state index contributed by atoms with van der Waals surface area (Å²) < 4.78 is 54.6. The van der Waals surface area contributed by atoms with Crippen LogP contribution in [0.2, 0.25) is 0 Å². The van der Waals surface area contributed by atoms with E-state index < -0.39 is 45.1 Å². The zero-order valence-electron chi connectivity index (χ0n) is 8.84. The molecule has 0 atom stereocenters. The van der Waals surface area contributed by atoms with Crippen LogP contribution >= 0.6 is 11.8 Å². The van der Waals surface area contributed by atoms with Gasteiger partial charge in [0.15, 0.2) is 5.82 Å². The minimum atomic E-state index is -4.76. The molecule has 0 aliphatic rings. The number of nitrogens with zero attached hydrogens (tertiary/aromatic N) is 1. The summed E-state index contributed by atoms with van der Waals surface area (Å²) in [5.41, 5.74) is -5.91. The van der Waals surface area contributed by atoms with Crippen molar-refractivity contribution in [3.8, 4) is 6.07 Å². The Morgan fingerprint density at radius 2 is 2.06 bits per heavy atom. The lowest BCUT2D eigenvalue weighted by atomic mass is 10.1. The zero-order valence-corrected chi connectivity index (χ0v) is 9.66. The third-order valence-electron chi connectivity index (χ3n) is 1.84. The van der Waals surface area contributed by atoms with Crippen LogP contribution < -0.4 is 0 Å². The molecule has 0 spiro atoms. The number of rotatable bonds is 2. The van der Waals surface area contributed by atoms with Crippen molar-refractivity contribution in [1.29, 1.82) is 5.26 Å². The van der Waals surface area contributed by atoms with Crippen LogP contribution in [0.15, 0.2) is 17.0 Å². The first kappa shape index (κ1) is 14.3. The van der Waals surface area contributed by atoms with Gasteiger partial charge in [-0.05, 0) is 23.9 Å². The van der Waals surface area contributed by atoms with Crippen molar-refractivity contribution < 1.29 is 27.1 Å². The topological polar surface area (TPSA) is 50.1 Å². The van der Waals surface area contributed by atoms with E-state index in [4.69, 9.17) is 5.26 Å². The summed E-state index contributed by atoms with van der Waals surface area (Å²) in [4.78, 5) is 10.2. The maximum Gasteiger partial charge on any atom is 0.446 e. The standard InChI is InChI=1S/C10H5F4NO2S/c1-17-9(16)6-3-2-5(4-15)8(7(6)11)18-10(12,13)14/h2-3H,1H3. The first-order chi connectivity index (χ1) is 8.30. The Morgan fingerprint density at radius 3 is 2.50 bits per heavy atom. The molecule has 0 aromatic heterocycles. The predicted octanol–water partition coefficient (Wildman–Crippen LogP) is 3.10. The molecule has 0 N–H and O–H groups in total. The number of benzene rings is 1. The van der Waals surface area contributed by atoms with Crippen LogP contribution in [0.1, 0.15) is 15.9 Å². The number of esters is 1. The van der Waals surface area contributed by atoms with E-state index in [1.807, 2.05) is 0 Å². The van der Waals surface area contributed by atoms with E-state index in [1.54, 1.807) is 0 Å². The second-order valence-electron chi connectivity index (χ2n) is 2.95. The van der Waals surface area contributed by atoms with Gasteiger partial charge in [0.1, 0.15) is 6.07 Å². The quantitative estimate of drug-likeness (QED) is 0.474. The SMILES string of the molecule is COC(=O)c1ccc(C#N)c(SC(F)(F)F)c1F. The predicted molar refractivity (Wildman–Crippen MR) is 54.4 cm³/mol. The number of alkyl halides is 3. The Kier molecular flexibility index (Phi) is 4.19. The fraction of sp³-hybridized carbons (Fsp3) is 0.200. The second kappa shape index (κ2) is 5.27. The summed E-state index contributed by atoms with van der Waals surface area (Å²) in [6.07, 6.45) is 0. The second-order valence-corrected chi connectivity index (χ2v) is 4.03. The minimum Gasteiger partial charge on any atom is -0.465 e. The first-order valence-corrected chi connectivity index (χ1v) is 5.18. The first-order valence-electron chi connectivity index (χ1n) is 4.36. The molecule has 0 bridgehead atoms. The molecule has 1 aromatic rings. The van der Waals surface area contributed by atoms with Crippen LogP contribution in [0.5, 0.6) is 0 Å². The van der Waals surface area contributed by atoms with Gasteiger partial charge < -0.3 is 4.74 Å². The van der Waals surface area contributed by atoms with Crippen LogP contribution in [0.3, 0.4) is 0 Å². The number of hydrogen-bond donors (Lipinski definition) is 0. The molecule has 0 saturated heterocycles. The average molecular weight is 279 g/mol. The van der Waals surface area contributed by atoms with Crippen LogP contribution in [0.4, 0.5) is 17.6 Å². The van der Waals surface area contributed by atoms with E-state index in [9.17, 15) is 22.4 Å². The molecule has 8 heteroatoms. The van der Waals surface area contributed by atoms with Crippen molar-refractivity contribution in [2.75, 3.05) is 7.11 Å². The normalized spacial score (nSPS) is 10.9. The van der Waals surface area contributed by atoms with Gasteiger partial charge in [-0.25, -0.2) is 9.18 Å². The number of methoxy groups -OCH3 is 1. The van der Waals surface area contributed by atoms with E-state index in [0.29, 0.717) is 0 Å². The summed E-state index contributed by atoms with van der Waals surface area (Å²) in [7, 11) is 0.969. The molecule has 0 aliphatic carbocycles. The molecule has 18 heavy (non-hydrogen) atoms. The third-order valence-corrected chi connectivity index (χ3v) is 2.68. The Bertz CT molecular complexity index is 522. The summed E-state index contributed by atoms with van der Waals surface area (Å²) in [6.45, 7) is 0. The van der Waals surface area contributed by atoms with Crippen molar-refractivity contribution in [2.24, 2.45) is 0 Å². The molecule has 1 rings (SSSR count). The van der Waals surface area contributed by atoms with Gasteiger partial charge in [0.25, 0.3) is 0 Å². The van der Waals surface area contributed by atoms with Crippen molar-refractivity contribution >= 4 is 17.7 Å². The monoisotopic (exact) mass is 279 g/mol. The molecule has 1 aromatic carbocycles.